The van der Waals surface area contributed by atoms with Crippen LogP contribution < -0.4 is 4.74 Å². The lowest BCUT2D eigenvalue weighted by Crippen LogP contribution is -2.45. The number of carboxylic acids is 1. The van der Waals surface area contributed by atoms with E-state index in [1.807, 2.05) is 11.9 Å². The van der Waals surface area contributed by atoms with Crippen LogP contribution in [-0.4, -0.2) is 47.4 Å². The van der Waals surface area contributed by atoms with Crippen LogP contribution in [0.4, 0.5) is 8.78 Å². The van der Waals surface area contributed by atoms with Crippen molar-refractivity contribution in [1.82, 2.24) is 4.90 Å². The summed E-state index contributed by atoms with van der Waals surface area (Å²) < 4.78 is 32.9. The minimum atomic E-state index is -1.16. The van der Waals surface area contributed by atoms with Gasteiger partial charge in [0.2, 0.25) is 0 Å². The van der Waals surface area contributed by atoms with E-state index in [0.29, 0.717) is 19.3 Å². The summed E-state index contributed by atoms with van der Waals surface area (Å²) >= 11 is 0. The van der Waals surface area contributed by atoms with Crippen LogP contribution in [0.1, 0.15) is 29.6 Å². The highest BCUT2D eigenvalue weighted by molar-refractivity contribution is 5.90. The zero-order valence-corrected chi connectivity index (χ0v) is 11.6. The average Bonchev–Trinajstić information content (AvgIpc) is 2.58. The molecule has 1 aromatic carbocycles. The van der Waals surface area contributed by atoms with Crippen molar-refractivity contribution in [2.75, 3.05) is 7.05 Å². The number of hydrogen-bond donors (Lipinski definition) is 1. The van der Waals surface area contributed by atoms with Gasteiger partial charge in [0.25, 0.3) is 0 Å². The van der Waals surface area contributed by atoms with Crippen LogP contribution >= 0.6 is 0 Å². The van der Waals surface area contributed by atoms with Crippen LogP contribution in [0.25, 0.3) is 0 Å². The summed E-state index contributed by atoms with van der Waals surface area (Å²) in [6, 6.07) is 3.26. The Morgan fingerprint density at radius 3 is 2.81 bits per heavy atom. The Morgan fingerprint density at radius 1 is 1.38 bits per heavy atom. The Balaban J connectivity index is 1.79. The van der Waals surface area contributed by atoms with Crippen LogP contribution in [0, 0.1) is 5.82 Å². The highest BCUT2D eigenvalue weighted by Gasteiger charge is 2.46. The molecule has 4 nitrogen and oxygen atoms in total. The number of hydrogen-bond acceptors (Lipinski definition) is 3. The maximum absolute atomic E-state index is 13.9. The standard InChI is InChI=1S/C15H17F2NO3/c1-18-9-5-10(7-13(18)12(17)6-9)21-14-4-8(16)2-3-11(14)15(19)20/h2-4,9-10,12-13H,5-7H2,1H3,(H,19,20). The molecule has 2 bridgehead atoms. The van der Waals surface area contributed by atoms with Crippen molar-refractivity contribution in [3.8, 4) is 5.75 Å². The van der Waals surface area contributed by atoms with E-state index >= 15 is 0 Å². The quantitative estimate of drug-likeness (QED) is 0.931. The maximum Gasteiger partial charge on any atom is 0.339 e. The first kappa shape index (κ1) is 14.3. The van der Waals surface area contributed by atoms with E-state index in [-0.39, 0.29) is 29.5 Å². The van der Waals surface area contributed by atoms with Crippen LogP contribution in [-0.2, 0) is 0 Å². The van der Waals surface area contributed by atoms with Gasteiger partial charge in [-0.05, 0) is 32.0 Å². The van der Waals surface area contributed by atoms with Gasteiger partial charge in [-0.1, -0.05) is 0 Å². The third kappa shape index (κ3) is 2.60. The van der Waals surface area contributed by atoms with Crippen molar-refractivity contribution in [2.45, 2.75) is 43.6 Å². The van der Waals surface area contributed by atoms with Crippen molar-refractivity contribution < 1.29 is 23.4 Å². The lowest BCUT2D eigenvalue weighted by molar-refractivity contribution is 0.0524. The van der Waals surface area contributed by atoms with E-state index in [2.05, 4.69) is 0 Å². The van der Waals surface area contributed by atoms with Crippen LogP contribution in [0.3, 0.4) is 0 Å². The molecule has 2 aliphatic rings. The summed E-state index contributed by atoms with van der Waals surface area (Å²) in [6.45, 7) is 0. The molecule has 2 fully saturated rings. The average molecular weight is 297 g/mol. The molecule has 4 unspecified atom stereocenters. The molecule has 0 spiro atoms. The Kier molecular flexibility index (Phi) is 3.57. The number of aromatic carboxylic acids is 1. The summed E-state index contributed by atoms with van der Waals surface area (Å²) in [5.41, 5.74) is -0.0699. The molecule has 0 aliphatic carbocycles. The predicted molar refractivity (Wildman–Crippen MR) is 71.9 cm³/mol. The lowest BCUT2D eigenvalue weighted by Gasteiger charge is -2.36. The van der Waals surface area contributed by atoms with Gasteiger partial charge in [-0.3, -0.25) is 4.90 Å². The first-order valence-corrected chi connectivity index (χ1v) is 7.01. The molecule has 0 amide bonds. The van der Waals surface area contributed by atoms with Gasteiger partial charge in [0.15, 0.2) is 0 Å². The van der Waals surface area contributed by atoms with Crippen LogP contribution in [0.15, 0.2) is 18.2 Å². The van der Waals surface area contributed by atoms with Crippen molar-refractivity contribution in [3.05, 3.63) is 29.6 Å². The molecule has 0 radical (unpaired) electrons. The number of alkyl halides is 1. The van der Waals surface area contributed by atoms with Gasteiger partial charge in [0, 0.05) is 24.6 Å². The fraction of sp³-hybridized carbons (Fsp3) is 0.533. The van der Waals surface area contributed by atoms with E-state index in [4.69, 9.17) is 9.84 Å². The molecule has 1 aromatic rings. The number of piperidine rings is 1. The number of nitrogens with zero attached hydrogens (tertiary/aromatic N) is 1. The number of fused-ring (bicyclic) bond motifs is 2. The molecular formula is C15H17F2NO3. The number of rotatable bonds is 3. The second kappa shape index (κ2) is 5.26. The van der Waals surface area contributed by atoms with E-state index < -0.39 is 18.0 Å². The number of carboxylic acid groups (broad SMARTS) is 1. The van der Waals surface area contributed by atoms with Gasteiger partial charge in [-0.2, -0.15) is 0 Å². The van der Waals surface area contributed by atoms with E-state index in [1.165, 1.54) is 6.07 Å². The maximum atomic E-state index is 13.9. The number of ether oxygens (including phenoxy) is 1. The normalized spacial score (nSPS) is 32.1. The summed E-state index contributed by atoms with van der Waals surface area (Å²) in [7, 11) is 1.90. The van der Waals surface area contributed by atoms with Gasteiger partial charge in [0.1, 0.15) is 29.4 Å². The van der Waals surface area contributed by atoms with Gasteiger partial charge >= 0.3 is 5.97 Å². The summed E-state index contributed by atoms with van der Waals surface area (Å²) in [5.74, 6) is -1.69. The molecule has 21 heavy (non-hydrogen) atoms. The monoisotopic (exact) mass is 297 g/mol. The zero-order chi connectivity index (χ0) is 15.1. The third-order valence-electron chi connectivity index (χ3n) is 4.52. The largest absolute Gasteiger partial charge is 0.489 e. The van der Waals surface area contributed by atoms with Gasteiger partial charge in [-0.15, -0.1) is 0 Å². The van der Waals surface area contributed by atoms with Crippen molar-refractivity contribution in [3.63, 3.8) is 0 Å². The van der Waals surface area contributed by atoms with Crippen molar-refractivity contribution >= 4 is 5.97 Å². The molecular weight excluding hydrogens is 280 g/mol. The molecule has 2 saturated heterocycles. The topological polar surface area (TPSA) is 49.8 Å². The minimum absolute atomic E-state index is 0.0202. The molecule has 4 atom stereocenters. The van der Waals surface area contributed by atoms with Crippen LogP contribution in [0.5, 0.6) is 5.75 Å². The second-order valence-corrected chi connectivity index (χ2v) is 5.80. The zero-order valence-electron chi connectivity index (χ0n) is 11.6. The highest BCUT2D eigenvalue weighted by atomic mass is 19.1. The van der Waals surface area contributed by atoms with Gasteiger partial charge < -0.3 is 9.84 Å². The SMILES string of the molecule is CN1C2CC(Oc3cc(F)ccc3C(=O)O)CC1C(F)C2. The van der Waals surface area contributed by atoms with Gasteiger partial charge in [-0.25, -0.2) is 13.6 Å². The van der Waals surface area contributed by atoms with E-state index in [1.54, 1.807) is 0 Å². The molecule has 6 heteroatoms. The number of carbonyl (C=O) groups is 1. The Morgan fingerprint density at radius 2 is 2.14 bits per heavy atom. The number of benzene rings is 1. The molecule has 1 N–H and O–H groups in total. The molecule has 2 aliphatic heterocycles. The van der Waals surface area contributed by atoms with Crippen molar-refractivity contribution in [2.24, 2.45) is 0 Å². The fourth-order valence-corrected chi connectivity index (χ4v) is 3.40. The molecule has 0 saturated carbocycles. The van der Waals surface area contributed by atoms with Crippen molar-refractivity contribution in [1.29, 1.82) is 0 Å². The molecule has 114 valence electrons. The molecule has 3 rings (SSSR count). The van der Waals surface area contributed by atoms with E-state index in [9.17, 15) is 13.6 Å². The van der Waals surface area contributed by atoms with Crippen LogP contribution in [0.2, 0.25) is 0 Å². The number of halogens is 2. The first-order valence-electron chi connectivity index (χ1n) is 7.01. The molecule has 0 aromatic heterocycles. The molecule has 2 heterocycles. The summed E-state index contributed by atoms with van der Waals surface area (Å²) in [6.07, 6.45) is 0.444. The smallest absolute Gasteiger partial charge is 0.339 e. The van der Waals surface area contributed by atoms with Gasteiger partial charge in [0.05, 0.1) is 0 Å². The highest BCUT2D eigenvalue weighted by Crippen LogP contribution is 2.38. The Bertz CT molecular complexity index is 566. The summed E-state index contributed by atoms with van der Waals surface area (Å²) in [4.78, 5) is 13.2. The fourth-order valence-electron chi connectivity index (χ4n) is 3.40. The minimum Gasteiger partial charge on any atom is -0.489 e. The predicted octanol–water partition coefficient (Wildman–Crippen LogP) is 2.48. The second-order valence-electron chi connectivity index (χ2n) is 5.80. The third-order valence-corrected chi connectivity index (χ3v) is 4.52. The lowest BCUT2D eigenvalue weighted by atomic mass is 10.00. The summed E-state index contributed by atoms with van der Waals surface area (Å²) in [5, 5.41) is 9.12. The Hall–Kier alpha value is -1.69. The van der Waals surface area contributed by atoms with E-state index in [0.717, 1.165) is 12.1 Å². The first-order chi connectivity index (χ1) is 9.95. The Labute approximate surface area is 121 Å².